The molecule has 1 aromatic carbocycles. The molecule has 0 atom stereocenters. The van der Waals surface area contributed by atoms with Gasteiger partial charge in [-0.05, 0) is 31.2 Å². The maximum Gasteiger partial charge on any atom is 0.269 e. The molecule has 0 aliphatic heterocycles. The highest BCUT2D eigenvalue weighted by atomic mass is 32.1. The highest BCUT2D eigenvalue weighted by Crippen LogP contribution is 2.28. The molecule has 0 fully saturated rings. The normalized spacial score (nSPS) is 10.5. The van der Waals surface area contributed by atoms with E-state index in [-0.39, 0.29) is 11.6 Å². The summed E-state index contributed by atoms with van der Waals surface area (Å²) >= 11 is 3.19. The van der Waals surface area contributed by atoms with Gasteiger partial charge in [0.05, 0.1) is 27.0 Å². The number of rotatable bonds is 5. The Labute approximate surface area is 146 Å². The first-order valence-corrected chi connectivity index (χ1v) is 8.76. The van der Waals surface area contributed by atoms with Crippen molar-refractivity contribution in [2.24, 2.45) is 0 Å². The Morgan fingerprint density at radius 2 is 2.00 bits per heavy atom. The molecule has 3 rings (SSSR count). The van der Waals surface area contributed by atoms with Gasteiger partial charge in [0.1, 0.15) is 0 Å². The summed E-state index contributed by atoms with van der Waals surface area (Å²) in [4.78, 5) is 28.8. The predicted molar refractivity (Wildman–Crippen MR) is 94.4 cm³/mol. The number of nitrogens with one attached hydrogen (secondary N) is 1. The summed E-state index contributed by atoms with van der Waals surface area (Å²) in [6.45, 7) is 2.37. The molecule has 0 saturated heterocycles. The summed E-state index contributed by atoms with van der Waals surface area (Å²) in [5.41, 5.74) is 1.32. The Morgan fingerprint density at radius 1 is 1.25 bits per heavy atom. The molecule has 122 valence electrons. The Kier molecular flexibility index (Phi) is 4.68. The van der Waals surface area contributed by atoms with Gasteiger partial charge in [-0.1, -0.05) is 0 Å². The lowest BCUT2D eigenvalue weighted by Gasteiger charge is -2.03. The topological polar surface area (TPSA) is 85.1 Å². The van der Waals surface area contributed by atoms with Crippen molar-refractivity contribution in [1.29, 1.82) is 0 Å². The quantitative estimate of drug-likeness (QED) is 0.551. The molecule has 2 heterocycles. The monoisotopic (exact) mass is 359 g/mol. The molecule has 0 bridgehead atoms. The molecule has 0 radical (unpaired) electrons. The number of aryl methyl sites for hydroxylation is 1. The minimum absolute atomic E-state index is 0.0343. The number of nitrogens with zero attached hydrogens (tertiary/aromatic N) is 2. The van der Waals surface area contributed by atoms with E-state index in [4.69, 9.17) is 0 Å². The van der Waals surface area contributed by atoms with E-state index < -0.39 is 4.92 Å². The Bertz CT molecular complexity index is 884. The summed E-state index contributed by atoms with van der Waals surface area (Å²) < 4.78 is 0. The fourth-order valence-electron chi connectivity index (χ4n) is 2.09. The smallest absolute Gasteiger partial charge is 0.269 e. The third kappa shape index (κ3) is 3.66. The van der Waals surface area contributed by atoms with Crippen LogP contribution >= 0.6 is 22.7 Å². The number of thiazole rings is 1. The number of aromatic nitrogens is 1. The average molecular weight is 359 g/mol. The number of thiophene rings is 1. The Balaban J connectivity index is 1.62. The molecular formula is C16H13N3O3S2. The maximum absolute atomic E-state index is 12.1. The minimum Gasteiger partial charge on any atom is -0.347 e. The van der Waals surface area contributed by atoms with Crippen LogP contribution in [-0.4, -0.2) is 15.8 Å². The van der Waals surface area contributed by atoms with Gasteiger partial charge in [0.15, 0.2) is 0 Å². The van der Waals surface area contributed by atoms with Gasteiger partial charge in [-0.15, -0.1) is 22.7 Å². The van der Waals surface area contributed by atoms with E-state index in [9.17, 15) is 14.9 Å². The van der Waals surface area contributed by atoms with E-state index in [1.807, 2.05) is 24.4 Å². The van der Waals surface area contributed by atoms with Crippen molar-refractivity contribution in [3.05, 3.63) is 67.3 Å². The molecule has 0 aliphatic rings. The first-order chi connectivity index (χ1) is 11.5. The molecular weight excluding hydrogens is 346 g/mol. The van der Waals surface area contributed by atoms with Crippen molar-refractivity contribution in [2.45, 2.75) is 13.5 Å². The van der Waals surface area contributed by atoms with Gasteiger partial charge in [-0.3, -0.25) is 14.9 Å². The van der Waals surface area contributed by atoms with E-state index in [2.05, 4.69) is 10.3 Å². The highest BCUT2D eigenvalue weighted by Gasteiger charge is 2.10. The molecule has 0 spiro atoms. The van der Waals surface area contributed by atoms with Gasteiger partial charge >= 0.3 is 0 Å². The predicted octanol–water partition coefficient (Wildman–Crippen LogP) is 4.02. The number of nitro groups is 1. The first kappa shape index (κ1) is 16.3. The van der Waals surface area contributed by atoms with Gasteiger partial charge in [0, 0.05) is 28.0 Å². The molecule has 0 saturated carbocycles. The van der Waals surface area contributed by atoms with Crippen LogP contribution in [0.4, 0.5) is 5.69 Å². The third-order valence-corrected chi connectivity index (χ3v) is 5.18. The lowest BCUT2D eigenvalue weighted by molar-refractivity contribution is -0.384. The molecule has 8 heteroatoms. The number of non-ortho nitro benzene ring substituents is 1. The molecule has 0 unspecified atom stereocenters. The van der Waals surface area contributed by atoms with Gasteiger partial charge in [-0.2, -0.15) is 0 Å². The zero-order valence-corrected chi connectivity index (χ0v) is 14.3. The van der Waals surface area contributed by atoms with Crippen molar-refractivity contribution in [3.8, 4) is 10.6 Å². The van der Waals surface area contributed by atoms with E-state index in [1.165, 1.54) is 24.3 Å². The van der Waals surface area contributed by atoms with Crippen molar-refractivity contribution in [2.75, 3.05) is 0 Å². The van der Waals surface area contributed by atoms with E-state index in [0.717, 1.165) is 20.5 Å². The zero-order chi connectivity index (χ0) is 17.1. The van der Waals surface area contributed by atoms with Gasteiger partial charge in [-0.25, -0.2) is 4.98 Å². The SMILES string of the molecule is Cc1nc(-c2ccc(CNC(=O)c3ccc([N+](=O)[O-])cc3)s2)cs1. The minimum atomic E-state index is -0.491. The summed E-state index contributed by atoms with van der Waals surface area (Å²) in [6, 6.07) is 9.50. The van der Waals surface area contributed by atoms with Gasteiger partial charge in [0.2, 0.25) is 0 Å². The first-order valence-electron chi connectivity index (χ1n) is 7.07. The van der Waals surface area contributed by atoms with Gasteiger partial charge in [0.25, 0.3) is 11.6 Å². The number of hydrogen-bond acceptors (Lipinski definition) is 6. The third-order valence-electron chi connectivity index (χ3n) is 3.30. The number of carbonyl (C=O) groups is 1. The lowest BCUT2D eigenvalue weighted by atomic mass is 10.2. The molecule has 2 aromatic heterocycles. The Morgan fingerprint density at radius 3 is 2.62 bits per heavy atom. The molecule has 6 nitrogen and oxygen atoms in total. The van der Waals surface area contributed by atoms with E-state index >= 15 is 0 Å². The number of amides is 1. The maximum atomic E-state index is 12.1. The van der Waals surface area contributed by atoms with E-state index in [1.54, 1.807) is 22.7 Å². The summed E-state index contributed by atoms with van der Waals surface area (Å²) in [6.07, 6.45) is 0. The molecule has 1 amide bonds. The van der Waals surface area contributed by atoms with Crippen LogP contribution < -0.4 is 5.32 Å². The largest absolute Gasteiger partial charge is 0.347 e. The Hall–Kier alpha value is -2.58. The summed E-state index contributed by atoms with van der Waals surface area (Å²) in [5.74, 6) is -0.260. The number of carbonyl (C=O) groups excluding carboxylic acids is 1. The second kappa shape index (κ2) is 6.90. The summed E-state index contributed by atoms with van der Waals surface area (Å²) in [5, 5.41) is 16.5. The lowest BCUT2D eigenvalue weighted by Crippen LogP contribution is -2.22. The molecule has 3 aromatic rings. The molecule has 24 heavy (non-hydrogen) atoms. The number of nitro benzene ring substituents is 1. The van der Waals surface area contributed by atoms with Crippen molar-refractivity contribution >= 4 is 34.3 Å². The number of benzene rings is 1. The van der Waals surface area contributed by atoms with Crippen LogP contribution in [0.5, 0.6) is 0 Å². The van der Waals surface area contributed by atoms with E-state index in [0.29, 0.717) is 12.1 Å². The second-order valence-electron chi connectivity index (χ2n) is 5.00. The van der Waals surface area contributed by atoms with Crippen LogP contribution in [0.2, 0.25) is 0 Å². The van der Waals surface area contributed by atoms with Crippen LogP contribution in [-0.2, 0) is 6.54 Å². The highest BCUT2D eigenvalue weighted by molar-refractivity contribution is 7.16. The van der Waals surface area contributed by atoms with Crippen molar-refractivity contribution < 1.29 is 9.72 Å². The van der Waals surface area contributed by atoms with Crippen LogP contribution in [0.15, 0.2) is 41.8 Å². The fraction of sp³-hybridized carbons (Fsp3) is 0.125. The van der Waals surface area contributed by atoms with Crippen LogP contribution in [0.3, 0.4) is 0 Å². The molecule has 1 N–H and O–H groups in total. The van der Waals surface area contributed by atoms with Gasteiger partial charge < -0.3 is 5.32 Å². The summed E-state index contributed by atoms with van der Waals surface area (Å²) in [7, 11) is 0. The van der Waals surface area contributed by atoms with Crippen LogP contribution in [0.1, 0.15) is 20.2 Å². The second-order valence-corrected chi connectivity index (χ2v) is 7.23. The van der Waals surface area contributed by atoms with Crippen LogP contribution in [0, 0.1) is 17.0 Å². The van der Waals surface area contributed by atoms with Crippen molar-refractivity contribution in [3.63, 3.8) is 0 Å². The molecule has 0 aliphatic carbocycles. The standard InChI is InChI=1S/C16H13N3O3S2/c1-10-18-14(9-23-10)15-7-6-13(24-15)8-17-16(20)11-2-4-12(5-3-11)19(21)22/h2-7,9H,8H2,1H3,(H,17,20). The number of hydrogen-bond donors (Lipinski definition) is 1. The zero-order valence-electron chi connectivity index (χ0n) is 12.7. The van der Waals surface area contributed by atoms with Crippen molar-refractivity contribution in [1.82, 2.24) is 10.3 Å². The van der Waals surface area contributed by atoms with Crippen LogP contribution in [0.25, 0.3) is 10.6 Å². The fourth-order valence-corrected chi connectivity index (χ4v) is 3.69. The average Bonchev–Trinajstić information content (AvgIpc) is 3.21.